The lowest BCUT2D eigenvalue weighted by Gasteiger charge is -2.22. The second kappa shape index (κ2) is 7.15. The summed E-state index contributed by atoms with van der Waals surface area (Å²) in [5.41, 5.74) is 4.09. The molecule has 3 nitrogen and oxygen atoms in total. The number of aliphatic hydroxyl groups excluding tert-OH is 1. The molecule has 0 atom stereocenters. The summed E-state index contributed by atoms with van der Waals surface area (Å²) < 4.78 is 27.5. The molecule has 2 aromatic carbocycles. The number of fused-ring (bicyclic) bond motifs is 1. The molecular formula is C20H19F2NO2. The number of aryl methyl sites for hydroxylation is 1. The van der Waals surface area contributed by atoms with Gasteiger partial charge in [0.05, 0.1) is 6.61 Å². The largest absolute Gasteiger partial charge is 0.392 e. The van der Waals surface area contributed by atoms with Crippen LogP contribution in [0.5, 0.6) is 0 Å². The first kappa shape index (κ1) is 17.3. The van der Waals surface area contributed by atoms with Gasteiger partial charge in [0, 0.05) is 5.69 Å². The fourth-order valence-corrected chi connectivity index (χ4v) is 3.21. The second-order valence-corrected chi connectivity index (χ2v) is 6.19. The number of hydrogen-bond acceptors (Lipinski definition) is 2. The van der Waals surface area contributed by atoms with E-state index >= 15 is 0 Å². The Bertz CT molecular complexity index is 839. The molecule has 3 rings (SSSR count). The number of benzene rings is 2. The number of halogens is 2. The van der Waals surface area contributed by atoms with Crippen molar-refractivity contribution in [3.05, 3.63) is 70.3 Å². The topological polar surface area (TPSA) is 49.3 Å². The van der Waals surface area contributed by atoms with Crippen molar-refractivity contribution in [2.45, 2.75) is 26.2 Å². The third-order valence-corrected chi connectivity index (χ3v) is 4.50. The summed E-state index contributed by atoms with van der Waals surface area (Å²) in [5.74, 6) is -2.59. The van der Waals surface area contributed by atoms with E-state index in [0.717, 1.165) is 53.7 Å². The second-order valence-electron chi connectivity index (χ2n) is 6.19. The Morgan fingerprint density at radius 2 is 1.88 bits per heavy atom. The Morgan fingerprint density at radius 1 is 1.16 bits per heavy atom. The van der Waals surface area contributed by atoms with Gasteiger partial charge < -0.3 is 10.4 Å². The molecule has 25 heavy (non-hydrogen) atoms. The van der Waals surface area contributed by atoms with Crippen LogP contribution in [0.1, 0.15) is 41.3 Å². The minimum absolute atomic E-state index is 0.0137. The SMILES string of the molecule is C/C(CO)=C1\CCCc2cc(NC(=O)c3c(F)cccc3F)ccc21. The van der Waals surface area contributed by atoms with Gasteiger partial charge in [-0.2, -0.15) is 0 Å². The molecule has 0 radical (unpaired) electrons. The smallest absolute Gasteiger partial charge is 0.261 e. The Morgan fingerprint density at radius 3 is 2.56 bits per heavy atom. The zero-order chi connectivity index (χ0) is 18.0. The molecule has 0 aromatic heterocycles. The van der Waals surface area contributed by atoms with Gasteiger partial charge in [0.1, 0.15) is 17.2 Å². The van der Waals surface area contributed by atoms with Crippen LogP contribution in [0.2, 0.25) is 0 Å². The average molecular weight is 343 g/mol. The van der Waals surface area contributed by atoms with Gasteiger partial charge in [-0.15, -0.1) is 0 Å². The van der Waals surface area contributed by atoms with E-state index in [9.17, 15) is 18.7 Å². The van der Waals surface area contributed by atoms with E-state index in [1.165, 1.54) is 6.07 Å². The number of amides is 1. The quantitative estimate of drug-likeness (QED) is 0.872. The lowest BCUT2D eigenvalue weighted by atomic mass is 9.85. The normalized spacial score (nSPS) is 15.5. The lowest BCUT2D eigenvalue weighted by Crippen LogP contribution is -2.16. The minimum atomic E-state index is -0.890. The highest BCUT2D eigenvalue weighted by Gasteiger charge is 2.19. The van der Waals surface area contributed by atoms with Crippen molar-refractivity contribution in [2.24, 2.45) is 0 Å². The standard InChI is InChI=1S/C20H19F2NO2/c1-12(11-24)15-5-2-4-13-10-14(8-9-16(13)15)23-20(25)19-17(21)6-3-7-18(19)22/h3,6-10,24H,2,4-5,11H2,1H3,(H,23,25)/b15-12-. The fraction of sp³-hybridized carbons (Fsp3) is 0.250. The van der Waals surface area contributed by atoms with E-state index in [0.29, 0.717) is 5.69 Å². The zero-order valence-electron chi connectivity index (χ0n) is 13.9. The summed E-state index contributed by atoms with van der Waals surface area (Å²) >= 11 is 0. The summed E-state index contributed by atoms with van der Waals surface area (Å²) in [6.45, 7) is 1.92. The maximum absolute atomic E-state index is 13.7. The highest BCUT2D eigenvalue weighted by Crippen LogP contribution is 2.34. The van der Waals surface area contributed by atoms with Gasteiger partial charge in [0.15, 0.2) is 0 Å². The number of allylic oxidation sites excluding steroid dienone is 1. The number of hydrogen-bond donors (Lipinski definition) is 2. The first-order valence-electron chi connectivity index (χ1n) is 8.19. The Labute approximate surface area is 145 Å². The van der Waals surface area contributed by atoms with E-state index in [-0.39, 0.29) is 6.61 Å². The first-order chi connectivity index (χ1) is 12.0. The van der Waals surface area contributed by atoms with E-state index in [1.807, 2.05) is 19.1 Å². The van der Waals surface area contributed by atoms with E-state index in [1.54, 1.807) is 6.07 Å². The van der Waals surface area contributed by atoms with Gasteiger partial charge >= 0.3 is 0 Å². The predicted octanol–water partition coefficient (Wildman–Crippen LogP) is 4.32. The number of rotatable bonds is 3. The van der Waals surface area contributed by atoms with Gasteiger partial charge in [-0.25, -0.2) is 8.78 Å². The highest BCUT2D eigenvalue weighted by atomic mass is 19.1. The van der Waals surface area contributed by atoms with Crippen molar-refractivity contribution in [1.29, 1.82) is 0 Å². The van der Waals surface area contributed by atoms with Crippen LogP contribution >= 0.6 is 0 Å². The molecule has 0 aliphatic heterocycles. The molecule has 1 amide bonds. The summed E-state index contributed by atoms with van der Waals surface area (Å²) in [6.07, 6.45) is 2.72. The number of carbonyl (C=O) groups is 1. The highest BCUT2D eigenvalue weighted by molar-refractivity contribution is 6.04. The maximum atomic E-state index is 13.7. The molecule has 0 saturated heterocycles. The van der Waals surface area contributed by atoms with Crippen LogP contribution in [-0.4, -0.2) is 17.6 Å². The Balaban J connectivity index is 1.90. The summed E-state index contributed by atoms with van der Waals surface area (Å²) in [7, 11) is 0. The van der Waals surface area contributed by atoms with Crippen LogP contribution < -0.4 is 5.32 Å². The van der Waals surface area contributed by atoms with Crippen LogP contribution in [0.25, 0.3) is 5.57 Å². The van der Waals surface area contributed by atoms with Gasteiger partial charge in [0.2, 0.25) is 0 Å². The molecule has 130 valence electrons. The molecule has 0 fully saturated rings. The molecule has 2 N–H and O–H groups in total. The zero-order valence-corrected chi connectivity index (χ0v) is 13.9. The summed E-state index contributed by atoms with van der Waals surface area (Å²) in [5, 5.41) is 11.9. The number of aliphatic hydroxyl groups is 1. The van der Waals surface area contributed by atoms with Crippen LogP contribution in [0.3, 0.4) is 0 Å². The van der Waals surface area contributed by atoms with Crippen molar-refractivity contribution < 1.29 is 18.7 Å². The molecule has 1 aliphatic carbocycles. The van der Waals surface area contributed by atoms with E-state index in [2.05, 4.69) is 5.32 Å². The molecule has 0 unspecified atom stereocenters. The third kappa shape index (κ3) is 3.46. The summed E-state index contributed by atoms with van der Waals surface area (Å²) in [4.78, 5) is 12.2. The van der Waals surface area contributed by atoms with Gasteiger partial charge in [0.25, 0.3) is 5.91 Å². The van der Waals surface area contributed by atoms with Crippen molar-refractivity contribution in [1.82, 2.24) is 0 Å². The minimum Gasteiger partial charge on any atom is -0.392 e. The molecule has 0 saturated carbocycles. The molecule has 2 aromatic rings. The van der Waals surface area contributed by atoms with Gasteiger partial charge in [-0.3, -0.25) is 4.79 Å². The molecular weight excluding hydrogens is 324 g/mol. The number of carbonyl (C=O) groups excluding carboxylic acids is 1. The Hall–Kier alpha value is -2.53. The monoisotopic (exact) mass is 343 g/mol. The molecule has 0 bridgehead atoms. The Kier molecular flexibility index (Phi) is 4.95. The van der Waals surface area contributed by atoms with E-state index < -0.39 is 23.1 Å². The van der Waals surface area contributed by atoms with Crippen molar-refractivity contribution in [3.63, 3.8) is 0 Å². The van der Waals surface area contributed by atoms with Crippen molar-refractivity contribution in [2.75, 3.05) is 11.9 Å². The predicted molar refractivity (Wildman–Crippen MR) is 93.4 cm³/mol. The van der Waals surface area contributed by atoms with E-state index in [4.69, 9.17) is 0 Å². The number of nitrogens with one attached hydrogen (secondary N) is 1. The molecule has 0 heterocycles. The average Bonchev–Trinajstić information content (AvgIpc) is 2.60. The van der Waals surface area contributed by atoms with Crippen LogP contribution in [0.15, 0.2) is 42.0 Å². The van der Waals surface area contributed by atoms with Crippen molar-refractivity contribution >= 4 is 17.2 Å². The lowest BCUT2D eigenvalue weighted by molar-refractivity contribution is 0.101. The summed E-state index contributed by atoms with van der Waals surface area (Å²) in [6, 6.07) is 8.76. The molecule has 0 spiro atoms. The first-order valence-corrected chi connectivity index (χ1v) is 8.19. The van der Waals surface area contributed by atoms with Gasteiger partial charge in [-0.05, 0) is 72.7 Å². The van der Waals surface area contributed by atoms with Crippen LogP contribution in [-0.2, 0) is 6.42 Å². The fourth-order valence-electron chi connectivity index (χ4n) is 3.21. The van der Waals surface area contributed by atoms with Crippen LogP contribution in [0.4, 0.5) is 14.5 Å². The molecule has 1 aliphatic rings. The third-order valence-electron chi connectivity index (χ3n) is 4.50. The van der Waals surface area contributed by atoms with Crippen molar-refractivity contribution in [3.8, 4) is 0 Å². The molecule has 5 heteroatoms. The van der Waals surface area contributed by atoms with Crippen LogP contribution in [0, 0.1) is 11.6 Å². The number of anilines is 1. The maximum Gasteiger partial charge on any atom is 0.261 e. The van der Waals surface area contributed by atoms with Gasteiger partial charge in [-0.1, -0.05) is 12.1 Å².